The Morgan fingerprint density at radius 2 is 1.74 bits per heavy atom. The van der Waals surface area contributed by atoms with Gasteiger partial charge in [-0.15, -0.1) is 4.36 Å². The molecule has 0 bridgehead atoms. The Hall–Kier alpha value is -5.36. The SMILES string of the molecule is CCOC(=O)/N=[SH](=O)\c1cccc(Nc2ncc(-c3ccc(NC(=O)Nc4cc(C(F)(F)F)ccc4F)c(F)c3)c(NCCCN(C)C)n2)c1. The van der Waals surface area contributed by atoms with Crippen molar-refractivity contribution in [1.82, 2.24) is 14.9 Å². The van der Waals surface area contributed by atoms with Crippen LogP contribution in [-0.4, -0.2) is 65.0 Å². The highest BCUT2D eigenvalue weighted by Gasteiger charge is 2.31. The lowest BCUT2D eigenvalue weighted by molar-refractivity contribution is -0.137. The summed E-state index contributed by atoms with van der Waals surface area (Å²) in [5, 5.41) is 10.4. The summed E-state index contributed by atoms with van der Waals surface area (Å²) in [6, 6.07) is 10.5. The van der Waals surface area contributed by atoms with Crippen LogP contribution in [0.2, 0.25) is 0 Å². The van der Waals surface area contributed by atoms with Crippen molar-refractivity contribution >= 4 is 51.5 Å². The Bertz CT molecular complexity index is 1940. The summed E-state index contributed by atoms with van der Waals surface area (Å²) in [7, 11) is 1.42. The first kappa shape index (κ1) is 37.5. The highest BCUT2D eigenvalue weighted by molar-refractivity contribution is 7.75. The number of ether oxygens (including phenoxy) is 1. The van der Waals surface area contributed by atoms with E-state index in [1.807, 2.05) is 24.3 Å². The third kappa shape index (κ3) is 10.6. The Morgan fingerprint density at radius 1 is 0.980 bits per heavy atom. The molecule has 4 rings (SSSR count). The van der Waals surface area contributed by atoms with Gasteiger partial charge in [-0.3, -0.25) is 0 Å². The zero-order chi connectivity index (χ0) is 36.4. The van der Waals surface area contributed by atoms with Crippen LogP contribution in [0, 0.1) is 11.6 Å². The normalized spacial score (nSPS) is 12.0. The van der Waals surface area contributed by atoms with Crippen molar-refractivity contribution in [2.24, 2.45) is 4.36 Å². The molecule has 266 valence electrons. The number of nitrogens with zero attached hydrogens (tertiary/aromatic N) is 4. The maximum absolute atomic E-state index is 15.2. The third-order valence-corrected chi connectivity index (χ3v) is 7.76. The van der Waals surface area contributed by atoms with E-state index in [0.717, 1.165) is 19.0 Å². The smallest absolute Gasteiger partial charge is 0.441 e. The second kappa shape index (κ2) is 16.8. The van der Waals surface area contributed by atoms with E-state index >= 15 is 4.39 Å². The van der Waals surface area contributed by atoms with Gasteiger partial charge in [-0.2, -0.15) is 18.2 Å². The Kier molecular flexibility index (Phi) is 12.6. The lowest BCUT2D eigenvalue weighted by Gasteiger charge is -2.15. The Balaban J connectivity index is 1.55. The maximum Gasteiger partial charge on any atom is 0.441 e. The van der Waals surface area contributed by atoms with E-state index in [-0.39, 0.29) is 23.1 Å². The van der Waals surface area contributed by atoms with Gasteiger partial charge in [0.15, 0.2) is 0 Å². The van der Waals surface area contributed by atoms with Crippen LogP contribution in [0.1, 0.15) is 18.9 Å². The number of carbonyl (C=O) groups excluding carboxylic acids is 2. The predicted molar refractivity (Wildman–Crippen MR) is 180 cm³/mol. The van der Waals surface area contributed by atoms with Crippen molar-refractivity contribution in [3.05, 3.63) is 84.1 Å². The van der Waals surface area contributed by atoms with E-state index in [9.17, 15) is 31.4 Å². The summed E-state index contributed by atoms with van der Waals surface area (Å²) >= 11 is 0. The summed E-state index contributed by atoms with van der Waals surface area (Å²) in [5.74, 6) is -1.54. The van der Waals surface area contributed by atoms with Crippen molar-refractivity contribution in [2.45, 2.75) is 24.4 Å². The Morgan fingerprint density at radius 3 is 2.44 bits per heavy atom. The van der Waals surface area contributed by atoms with Crippen LogP contribution in [0.5, 0.6) is 0 Å². The molecule has 1 atom stereocenters. The van der Waals surface area contributed by atoms with Crippen molar-refractivity contribution < 1.29 is 40.5 Å². The Labute approximate surface area is 285 Å². The molecule has 0 saturated carbocycles. The number of urea groups is 1. The molecule has 50 heavy (non-hydrogen) atoms. The van der Waals surface area contributed by atoms with Gasteiger partial charge >= 0.3 is 18.3 Å². The molecule has 12 nitrogen and oxygen atoms in total. The van der Waals surface area contributed by atoms with Crippen molar-refractivity contribution in [3.63, 3.8) is 0 Å². The van der Waals surface area contributed by atoms with E-state index in [1.165, 1.54) is 30.5 Å². The molecule has 0 aliphatic heterocycles. The topological polar surface area (TPSA) is 150 Å². The van der Waals surface area contributed by atoms with E-state index in [1.54, 1.807) is 19.1 Å². The van der Waals surface area contributed by atoms with E-state index in [4.69, 9.17) is 4.74 Å². The van der Waals surface area contributed by atoms with Crippen LogP contribution in [0.25, 0.3) is 11.1 Å². The van der Waals surface area contributed by atoms with Gasteiger partial charge in [0.25, 0.3) is 0 Å². The van der Waals surface area contributed by atoms with Crippen LogP contribution in [0.3, 0.4) is 0 Å². The third-order valence-electron chi connectivity index (χ3n) is 6.70. The van der Waals surface area contributed by atoms with Crippen molar-refractivity contribution in [3.8, 4) is 11.1 Å². The fourth-order valence-corrected chi connectivity index (χ4v) is 5.15. The molecule has 0 saturated heterocycles. The molecule has 3 aromatic carbocycles. The lowest BCUT2D eigenvalue weighted by Crippen LogP contribution is -2.21. The fraction of sp³-hybridized carbons (Fsp3) is 0.250. The van der Waals surface area contributed by atoms with E-state index in [2.05, 4.69) is 30.3 Å². The predicted octanol–water partition coefficient (Wildman–Crippen LogP) is 7.37. The molecule has 18 heteroatoms. The molecule has 4 N–H and O–H groups in total. The first-order valence-corrected chi connectivity index (χ1v) is 16.2. The zero-order valence-corrected chi connectivity index (χ0v) is 27.8. The van der Waals surface area contributed by atoms with Crippen LogP contribution in [0.4, 0.5) is 60.4 Å². The highest BCUT2D eigenvalue weighted by atomic mass is 32.2. The maximum atomic E-state index is 15.2. The molecule has 3 amide bonds. The van der Waals surface area contributed by atoms with Crippen LogP contribution in [-0.2, 0) is 21.5 Å². The first-order chi connectivity index (χ1) is 23.7. The summed E-state index contributed by atoms with van der Waals surface area (Å²) in [6.45, 7) is 2.94. The van der Waals surface area contributed by atoms with Gasteiger partial charge in [-0.1, -0.05) is 12.1 Å². The summed E-state index contributed by atoms with van der Waals surface area (Å²) in [5.41, 5.74) is -1.08. The molecule has 0 radical (unpaired) electrons. The standard InChI is InChI=1S/C32H33F5N8O4S/c1-4-49-31(47)44-50(48)22-8-5-7-21(17-22)40-29-39-18-23(28(43-29)38-13-6-14-45(2)3)19-9-12-26(25(34)15-19)41-30(46)42-27-16-20(32(35,36)37)10-11-24(27)33/h5,7-12,15-18,50H,4,6,13-14H2,1-3H3,(H2,41,42,46)(H2,38,39,40,43). The molecule has 0 fully saturated rings. The number of amides is 3. The van der Waals surface area contributed by atoms with Gasteiger partial charge in [-0.05, 0) is 88.1 Å². The van der Waals surface area contributed by atoms with Gasteiger partial charge < -0.3 is 30.9 Å². The largest absolute Gasteiger partial charge is 0.448 e. The van der Waals surface area contributed by atoms with Crippen molar-refractivity contribution in [2.75, 3.05) is 55.1 Å². The number of hydrogen-bond donors (Lipinski definition) is 5. The highest BCUT2D eigenvalue weighted by Crippen LogP contribution is 2.33. The number of halogens is 5. The molecule has 0 aliphatic rings. The minimum absolute atomic E-state index is 0.0888. The van der Waals surface area contributed by atoms with Gasteiger partial charge in [0, 0.05) is 28.9 Å². The van der Waals surface area contributed by atoms with E-state index < -0.39 is 51.8 Å². The molecular formula is C32H33F5N8O4S. The minimum Gasteiger partial charge on any atom is -0.448 e. The second-order valence-corrected chi connectivity index (χ2v) is 12.0. The number of thiol groups is 1. The number of nitrogens with one attached hydrogen (secondary N) is 4. The number of rotatable bonds is 12. The van der Waals surface area contributed by atoms with Crippen LogP contribution >= 0.6 is 0 Å². The molecule has 0 spiro atoms. The zero-order valence-electron chi connectivity index (χ0n) is 26.9. The number of aromatic nitrogens is 2. The number of alkyl halides is 3. The van der Waals surface area contributed by atoms with Crippen LogP contribution < -0.4 is 21.3 Å². The minimum atomic E-state index is -4.77. The summed E-state index contributed by atoms with van der Waals surface area (Å²) in [4.78, 5) is 35.2. The van der Waals surface area contributed by atoms with Gasteiger partial charge in [0.05, 0.1) is 34.1 Å². The van der Waals surface area contributed by atoms with Crippen molar-refractivity contribution in [1.29, 1.82) is 0 Å². The molecule has 1 heterocycles. The van der Waals surface area contributed by atoms with Gasteiger partial charge in [0.2, 0.25) is 5.95 Å². The molecule has 4 aromatic rings. The number of benzene rings is 3. The number of anilines is 5. The van der Waals surface area contributed by atoms with Gasteiger partial charge in [0.1, 0.15) is 17.5 Å². The quantitative estimate of drug-likeness (QED) is 0.0574. The molecule has 1 unspecified atom stereocenters. The lowest BCUT2D eigenvalue weighted by atomic mass is 10.1. The number of carbonyl (C=O) groups is 2. The monoisotopic (exact) mass is 720 g/mol. The summed E-state index contributed by atoms with van der Waals surface area (Å²) in [6.07, 6.45) is -3.53. The van der Waals surface area contributed by atoms with E-state index in [0.29, 0.717) is 47.4 Å². The fourth-order valence-electron chi connectivity index (χ4n) is 4.36. The summed E-state index contributed by atoms with van der Waals surface area (Å²) < 4.78 is 89.2. The van der Waals surface area contributed by atoms with Crippen LogP contribution in [0.15, 0.2) is 76.1 Å². The molecular weight excluding hydrogens is 687 g/mol. The number of hydrogen-bond acceptors (Lipinski definition) is 9. The second-order valence-electron chi connectivity index (χ2n) is 10.8. The first-order valence-electron chi connectivity index (χ1n) is 15.0. The molecule has 0 aliphatic carbocycles. The molecule has 1 aromatic heterocycles. The average Bonchev–Trinajstić information content (AvgIpc) is 3.05. The van der Waals surface area contributed by atoms with Gasteiger partial charge in [-0.25, -0.2) is 27.6 Å². The average molecular weight is 721 g/mol.